The van der Waals surface area contributed by atoms with Crippen LogP contribution in [0.4, 0.5) is 0 Å². The van der Waals surface area contributed by atoms with Crippen LogP contribution in [0.3, 0.4) is 0 Å². The number of hydrogen-bond acceptors (Lipinski definition) is 1. The molecule has 3 heteroatoms. The van der Waals surface area contributed by atoms with Crippen LogP contribution in [-0.4, -0.2) is 5.91 Å². The van der Waals surface area contributed by atoms with Crippen LogP contribution in [0.1, 0.15) is 22.7 Å². The fraction of sp³-hybridized carbons (Fsp3) is 0.133. The second-order valence-corrected chi connectivity index (χ2v) is 5.34. The number of carbonyl (C=O) groups excluding carboxylic acids is 1. The Morgan fingerprint density at radius 3 is 2.56 bits per heavy atom. The van der Waals surface area contributed by atoms with Crippen molar-refractivity contribution in [3.63, 3.8) is 0 Å². The fourth-order valence-corrected chi connectivity index (χ4v) is 2.62. The lowest BCUT2D eigenvalue weighted by molar-refractivity contribution is -0.121. The van der Waals surface area contributed by atoms with Gasteiger partial charge < -0.3 is 5.32 Å². The minimum atomic E-state index is -0.0319. The van der Waals surface area contributed by atoms with Crippen LogP contribution in [0.25, 0.3) is 0 Å². The van der Waals surface area contributed by atoms with Crippen LogP contribution in [-0.2, 0) is 11.2 Å². The Hall–Kier alpha value is -1.61. The van der Waals surface area contributed by atoms with E-state index in [1.807, 2.05) is 42.5 Å². The molecule has 0 unspecified atom stereocenters. The summed E-state index contributed by atoms with van der Waals surface area (Å²) in [5.74, 6) is 0.0848. The van der Waals surface area contributed by atoms with Gasteiger partial charge in [-0.3, -0.25) is 4.79 Å². The third kappa shape index (κ3) is 2.06. The van der Waals surface area contributed by atoms with Crippen molar-refractivity contribution in [2.75, 3.05) is 0 Å². The molecule has 1 amide bonds. The first-order valence-corrected chi connectivity index (χ1v) is 6.66. The molecule has 18 heavy (non-hydrogen) atoms. The Labute approximate surface area is 114 Å². The van der Waals surface area contributed by atoms with E-state index in [2.05, 4.69) is 27.3 Å². The van der Waals surface area contributed by atoms with E-state index in [1.165, 1.54) is 5.56 Å². The molecule has 2 aromatic rings. The van der Waals surface area contributed by atoms with Crippen LogP contribution in [0.5, 0.6) is 0 Å². The van der Waals surface area contributed by atoms with Gasteiger partial charge in [0.1, 0.15) is 0 Å². The molecule has 1 aliphatic rings. The molecule has 90 valence electrons. The molecule has 0 radical (unpaired) electrons. The summed E-state index contributed by atoms with van der Waals surface area (Å²) in [4.78, 5) is 11.8. The normalized spacial score (nSPS) is 18.1. The van der Waals surface area contributed by atoms with Crippen molar-refractivity contribution in [3.05, 3.63) is 69.7 Å². The Balaban J connectivity index is 2.07. The molecule has 0 spiro atoms. The number of benzene rings is 2. The second-order valence-electron chi connectivity index (χ2n) is 4.43. The van der Waals surface area contributed by atoms with E-state index >= 15 is 0 Å². The zero-order chi connectivity index (χ0) is 12.5. The topological polar surface area (TPSA) is 29.1 Å². The van der Waals surface area contributed by atoms with Gasteiger partial charge in [-0.05, 0) is 28.8 Å². The van der Waals surface area contributed by atoms with E-state index in [0.717, 1.165) is 15.6 Å². The quantitative estimate of drug-likeness (QED) is 0.861. The van der Waals surface area contributed by atoms with Crippen molar-refractivity contribution >= 4 is 21.8 Å². The lowest BCUT2D eigenvalue weighted by atomic mass is 9.90. The van der Waals surface area contributed by atoms with Crippen molar-refractivity contribution < 1.29 is 4.79 Å². The molecule has 1 heterocycles. The minimum absolute atomic E-state index is 0.0319. The first kappa shape index (κ1) is 11.5. The number of carbonyl (C=O) groups is 1. The smallest absolute Gasteiger partial charge is 0.225 e. The van der Waals surface area contributed by atoms with Gasteiger partial charge in [0.25, 0.3) is 0 Å². The van der Waals surface area contributed by atoms with Crippen LogP contribution in [0.15, 0.2) is 53.0 Å². The highest BCUT2D eigenvalue weighted by Crippen LogP contribution is 2.29. The maximum Gasteiger partial charge on any atom is 0.225 e. The van der Waals surface area contributed by atoms with Gasteiger partial charge in [0.05, 0.1) is 12.5 Å². The monoisotopic (exact) mass is 301 g/mol. The molecule has 1 aliphatic heterocycles. The lowest BCUT2D eigenvalue weighted by Crippen LogP contribution is -2.35. The van der Waals surface area contributed by atoms with E-state index in [1.54, 1.807) is 0 Å². The van der Waals surface area contributed by atoms with Crippen molar-refractivity contribution in [3.8, 4) is 0 Å². The minimum Gasteiger partial charge on any atom is -0.345 e. The average molecular weight is 302 g/mol. The zero-order valence-corrected chi connectivity index (χ0v) is 11.3. The number of rotatable bonds is 1. The third-order valence-electron chi connectivity index (χ3n) is 3.23. The maximum absolute atomic E-state index is 11.8. The summed E-state index contributed by atoms with van der Waals surface area (Å²) in [6.07, 6.45) is 0.475. The summed E-state index contributed by atoms with van der Waals surface area (Å²) in [5.41, 5.74) is 3.42. The van der Waals surface area contributed by atoms with Gasteiger partial charge in [-0.1, -0.05) is 52.3 Å². The summed E-state index contributed by atoms with van der Waals surface area (Å²) in [7, 11) is 0. The standard InChI is InChI=1S/C15H12BrNO/c16-12-7-5-10(6-8-12)15-13-4-2-1-3-11(13)9-14(18)17-15/h1-8,15H,9H2,(H,17,18)/t15-/m1/s1. The Kier molecular flexibility index (Phi) is 2.92. The number of fused-ring (bicyclic) bond motifs is 1. The summed E-state index contributed by atoms with van der Waals surface area (Å²) in [6.45, 7) is 0. The molecule has 3 rings (SSSR count). The van der Waals surface area contributed by atoms with Gasteiger partial charge in [0, 0.05) is 4.47 Å². The van der Waals surface area contributed by atoms with E-state index in [9.17, 15) is 4.79 Å². The van der Waals surface area contributed by atoms with Gasteiger partial charge >= 0.3 is 0 Å². The molecule has 0 saturated carbocycles. The van der Waals surface area contributed by atoms with Gasteiger partial charge in [-0.2, -0.15) is 0 Å². The highest BCUT2D eigenvalue weighted by molar-refractivity contribution is 9.10. The van der Waals surface area contributed by atoms with Crippen molar-refractivity contribution in [1.29, 1.82) is 0 Å². The SMILES string of the molecule is O=C1Cc2ccccc2[C@@H](c2ccc(Br)cc2)N1. The zero-order valence-electron chi connectivity index (χ0n) is 9.69. The molecule has 1 atom stereocenters. The van der Waals surface area contributed by atoms with Crippen LogP contribution in [0.2, 0.25) is 0 Å². The molecule has 2 aromatic carbocycles. The fourth-order valence-electron chi connectivity index (χ4n) is 2.36. The van der Waals surface area contributed by atoms with Gasteiger partial charge in [-0.25, -0.2) is 0 Å². The van der Waals surface area contributed by atoms with Crippen molar-refractivity contribution in [2.24, 2.45) is 0 Å². The Morgan fingerprint density at radius 2 is 1.78 bits per heavy atom. The number of amides is 1. The Morgan fingerprint density at radius 1 is 1.06 bits per heavy atom. The number of hydrogen-bond donors (Lipinski definition) is 1. The van der Waals surface area contributed by atoms with E-state index < -0.39 is 0 Å². The van der Waals surface area contributed by atoms with Gasteiger partial charge in [0.2, 0.25) is 5.91 Å². The maximum atomic E-state index is 11.8. The molecule has 0 bridgehead atoms. The molecule has 0 saturated heterocycles. The van der Waals surface area contributed by atoms with E-state index in [0.29, 0.717) is 6.42 Å². The van der Waals surface area contributed by atoms with E-state index in [-0.39, 0.29) is 11.9 Å². The number of halogens is 1. The van der Waals surface area contributed by atoms with Crippen LogP contribution in [0, 0.1) is 0 Å². The summed E-state index contributed by atoms with van der Waals surface area (Å²) in [5, 5.41) is 3.05. The first-order valence-electron chi connectivity index (χ1n) is 5.86. The van der Waals surface area contributed by atoms with Crippen LogP contribution < -0.4 is 5.32 Å². The molecular weight excluding hydrogens is 290 g/mol. The van der Waals surface area contributed by atoms with E-state index in [4.69, 9.17) is 0 Å². The predicted molar refractivity (Wildman–Crippen MR) is 74.3 cm³/mol. The largest absolute Gasteiger partial charge is 0.345 e. The Bertz CT molecular complexity index is 592. The predicted octanol–water partition coefficient (Wildman–Crippen LogP) is 3.21. The van der Waals surface area contributed by atoms with Gasteiger partial charge in [0.15, 0.2) is 0 Å². The highest BCUT2D eigenvalue weighted by Gasteiger charge is 2.24. The highest BCUT2D eigenvalue weighted by atomic mass is 79.9. The average Bonchev–Trinajstić information content (AvgIpc) is 2.38. The summed E-state index contributed by atoms with van der Waals surface area (Å²) >= 11 is 3.43. The number of nitrogens with one attached hydrogen (secondary N) is 1. The molecular formula is C15H12BrNO. The molecule has 2 nitrogen and oxygen atoms in total. The molecule has 0 fully saturated rings. The summed E-state index contributed by atoms with van der Waals surface area (Å²) < 4.78 is 1.04. The van der Waals surface area contributed by atoms with Crippen molar-refractivity contribution in [1.82, 2.24) is 5.32 Å². The first-order chi connectivity index (χ1) is 8.74. The van der Waals surface area contributed by atoms with Crippen molar-refractivity contribution in [2.45, 2.75) is 12.5 Å². The third-order valence-corrected chi connectivity index (χ3v) is 3.75. The molecule has 0 aliphatic carbocycles. The van der Waals surface area contributed by atoms with Crippen LogP contribution >= 0.6 is 15.9 Å². The lowest BCUT2D eigenvalue weighted by Gasteiger charge is -2.27. The molecule has 0 aromatic heterocycles. The second kappa shape index (κ2) is 4.58. The molecule has 1 N–H and O–H groups in total. The summed E-state index contributed by atoms with van der Waals surface area (Å²) in [6, 6.07) is 16.2. The van der Waals surface area contributed by atoms with Gasteiger partial charge in [-0.15, -0.1) is 0 Å².